The van der Waals surface area contributed by atoms with E-state index < -0.39 is 0 Å². The first-order valence-corrected chi connectivity index (χ1v) is 12.7. The highest BCUT2D eigenvalue weighted by Crippen LogP contribution is 2.27. The largest absolute Gasteiger partial charge is 0.489 e. The predicted octanol–water partition coefficient (Wildman–Crippen LogP) is 7.04. The van der Waals surface area contributed by atoms with E-state index in [0.717, 1.165) is 33.2 Å². The topological polar surface area (TPSA) is 75.6 Å². The number of halogens is 1. The van der Waals surface area contributed by atoms with E-state index in [0.29, 0.717) is 17.9 Å². The molecule has 38 heavy (non-hydrogen) atoms. The number of para-hydroxylation sites is 1. The first-order valence-electron chi connectivity index (χ1n) is 11.8. The average Bonchev–Trinajstić information content (AvgIpc) is 3.42. The van der Waals surface area contributed by atoms with E-state index in [1.807, 2.05) is 72.1 Å². The Labute approximate surface area is 223 Å². The molecule has 0 saturated carbocycles. The van der Waals surface area contributed by atoms with Gasteiger partial charge in [0.2, 0.25) is 0 Å². The lowest BCUT2D eigenvalue weighted by Crippen LogP contribution is -2.17. The van der Waals surface area contributed by atoms with Crippen LogP contribution in [0.4, 0.5) is 15.2 Å². The lowest BCUT2D eigenvalue weighted by Gasteiger charge is -2.06. The summed E-state index contributed by atoms with van der Waals surface area (Å²) >= 11 is 1.52. The second-order valence-electron chi connectivity index (χ2n) is 8.29. The second-order valence-corrected chi connectivity index (χ2v) is 9.15. The minimum Gasteiger partial charge on any atom is -0.489 e. The van der Waals surface area contributed by atoms with E-state index in [1.54, 1.807) is 30.5 Å². The smallest absolute Gasteiger partial charge is 0.271 e. The van der Waals surface area contributed by atoms with Crippen molar-refractivity contribution in [2.75, 3.05) is 5.32 Å². The molecule has 0 radical (unpaired) electrons. The van der Waals surface area contributed by atoms with Gasteiger partial charge in [0.1, 0.15) is 18.2 Å². The summed E-state index contributed by atoms with van der Waals surface area (Å²) in [4.78, 5) is 17.1. The maximum Gasteiger partial charge on any atom is 0.271 e. The van der Waals surface area contributed by atoms with Crippen LogP contribution >= 0.6 is 11.3 Å². The molecule has 188 valence electrons. The number of anilines is 2. The number of nitrogens with zero attached hydrogens (tertiary/aromatic N) is 2. The van der Waals surface area contributed by atoms with Gasteiger partial charge in [-0.25, -0.2) is 14.8 Å². The van der Waals surface area contributed by atoms with Crippen LogP contribution in [0.5, 0.6) is 5.75 Å². The zero-order valence-electron chi connectivity index (χ0n) is 20.2. The predicted molar refractivity (Wildman–Crippen MR) is 150 cm³/mol. The molecule has 1 amide bonds. The molecule has 5 rings (SSSR count). The highest BCUT2D eigenvalue weighted by Gasteiger charge is 2.08. The Kier molecular flexibility index (Phi) is 7.81. The molecular formula is C30H23FN4O2S. The Bertz CT molecular complexity index is 1520. The molecule has 0 atom stereocenters. The summed E-state index contributed by atoms with van der Waals surface area (Å²) in [5.74, 6) is 0.0959. The Morgan fingerprint density at radius 2 is 1.66 bits per heavy atom. The molecule has 0 bridgehead atoms. The molecule has 6 nitrogen and oxygen atoms in total. The number of ether oxygens (including phenoxy) is 1. The van der Waals surface area contributed by atoms with E-state index in [2.05, 4.69) is 20.8 Å². The molecule has 0 aliphatic heterocycles. The van der Waals surface area contributed by atoms with E-state index in [9.17, 15) is 9.18 Å². The molecular weight excluding hydrogens is 499 g/mol. The van der Waals surface area contributed by atoms with Gasteiger partial charge in [-0.15, -0.1) is 11.3 Å². The number of aromatic nitrogens is 1. The SMILES string of the molecule is O=C(N/N=C\c1ccc(OCc2ccc(F)cc2)cc1)c1ccc(-c2csc(Nc3ccccc3)n2)cc1. The summed E-state index contributed by atoms with van der Waals surface area (Å²) in [6, 6.07) is 30.6. The van der Waals surface area contributed by atoms with Crippen molar-refractivity contribution in [3.8, 4) is 17.0 Å². The van der Waals surface area contributed by atoms with Gasteiger partial charge in [0.15, 0.2) is 5.13 Å². The van der Waals surface area contributed by atoms with Crippen molar-refractivity contribution in [2.24, 2.45) is 5.10 Å². The number of hydrazone groups is 1. The van der Waals surface area contributed by atoms with Crippen LogP contribution < -0.4 is 15.5 Å². The molecule has 0 saturated heterocycles. The van der Waals surface area contributed by atoms with Crippen LogP contribution in [0.3, 0.4) is 0 Å². The number of carbonyl (C=O) groups is 1. The number of hydrogen-bond acceptors (Lipinski definition) is 6. The highest BCUT2D eigenvalue weighted by molar-refractivity contribution is 7.14. The van der Waals surface area contributed by atoms with Crippen LogP contribution in [-0.2, 0) is 6.61 Å². The fourth-order valence-corrected chi connectivity index (χ4v) is 4.27. The van der Waals surface area contributed by atoms with Gasteiger partial charge in [-0.2, -0.15) is 5.10 Å². The number of hydrogen-bond donors (Lipinski definition) is 2. The standard InChI is InChI=1S/C30H23FN4O2S/c31-25-14-6-22(7-15-25)19-37-27-16-8-21(9-17-27)18-32-35-29(36)24-12-10-23(11-13-24)28-20-38-30(34-28)33-26-4-2-1-3-5-26/h1-18,20H,19H2,(H,33,34)(H,35,36)/b32-18-. The maximum atomic E-state index is 13.0. The van der Waals surface area contributed by atoms with Gasteiger partial charge in [0.25, 0.3) is 5.91 Å². The van der Waals surface area contributed by atoms with Gasteiger partial charge < -0.3 is 10.1 Å². The lowest BCUT2D eigenvalue weighted by molar-refractivity contribution is 0.0955. The van der Waals surface area contributed by atoms with E-state index >= 15 is 0 Å². The monoisotopic (exact) mass is 522 g/mol. The zero-order valence-corrected chi connectivity index (χ0v) is 21.0. The van der Waals surface area contributed by atoms with E-state index in [-0.39, 0.29) is 11.7 Å². The summed E-state index contributed by atoms with van der Waals surface area (Å²) in [7, 11) is 0. The molecule has 0 spiro atoms. The molecule has 0 aliphatic carbocycles. The molecule has 8 heteroatoms. The van der Waals surface area contributed by atoms with Crippen LogP contribution in [0.2, 0.25) is 0 Å². The van der Waals surface area contributed by atoms with Crippen LogP contribution in [0, 0.1) is 5.82 Å². The van der Waals surface area contributed by atoms with Gasteiger partial charge in [-0.3, -0.25) is 4.79 Å². The zero-order chi connectivity index (χ0) is 26.2. The van der Waals surface area contributed by atoms with Gasteiger partial charge >= 0.3 is 0 Å². The fourth-order valence-electron chi connectivity index (χ4n) is 3.53. The van der Waals surface area contributed by atoms with Gasteiger partial charge in [-0.05, 0) is 71.8 Å². The fraction of sp³-hybridized carbons (Fsp3) is 0.0333. The molecule has 0 aliphatic rings. The molecule has 1 aromatic heterocycles. The van der Waals surface area contributed by atoms with E-state index in [4.69, 9.17) is 4.74 Å². The van der Waals surface area contributed by atoms with Crippen molar-refractivity contribution < 1.29 is 13.9 Å². The van der Waals surface area contributed by atoms with Crippen molar-refractivity contribution in [3.63, 3.8) is 0 Å². The number of nitrogens with one attached hydrogen (secondary N) is 2. The third-order valence-corrected chi connectivity index (χ3v) is 6.31. The van der Waals surface area contributed by atoms with Gasteiger partial charge in [-0.1, -0.05) is 42.5 Å². The number of amides is 1. The summed E-state index contributed by atoms with van der Waals surface area (Å²) in [5.41, 5.74) is 7.46. The first-order chi connectivity index (χ1) is 18.6. The summed E-state index contributed by atoms with van der Waals surface area (Å²) in [6.45, 7) is 0.344. The van der Waals surface area contributed by atoms with Crippen LogP contribution in [0.25, 0.3) is 11.3 Å². The number of carbonyl (C=O) groups excluding carboxylic acids is 1. The minimum absolute atomic E-state index is 0.275. The van der Waals surface area contributed by atoms with E-state index in [1.165, 1.54) is 23.5 Å². The van der Waals surface area contributed by atoms with Crippen molar-refractivity contribution in [2.45, 2.75) is 6.61 Å². The molecule has 2 N–H and O–H groups in total. The van der Waals surface area contributed by atoms with Crippen molar-refractivity contribution in [1.29, 1.82) is 0 Å². The van der Waals surface area contributed by atoms with Crippen LogP contribution in [-0.4, -0.2) is 17.1 Å². The quantitative estimate of drug-likeness (QED) is 0.161. The minimum atomic E-state index is -0.309. The Balaban J connectivity index is 1.11. The molecule has 0 unspecified atom stereocenters. The molecule has 0 fully saturated rings. The second kappa shape index (κ2) is 11.9. The van der Waals surface area contributed by atoms with Crippen LogP contribution in [0.15, 0.2) is 114 Å². The summed E-state index contributed by atoms with van der Waals surface area (Å²) in [5, 5.41) is 10.1. The molecule has 4 aromatic carbocycles. The first kappa shape index (κ1) is 24.9. The van der Waals surface area contributed by atoms with Crippen molar-refractivity contribution in [3.05, 3.63) is 131 Å². The highest BCUT2D eigenvalue weighted by atomic mass is 32.1. The third kappa shape index (κ3) is 6.68. The Morgan fingerprint density at radius 1 is 0.921 bits per heavy atom. The Morgan fingerprint density at radius 3 is 2.39 bits per heavy atom. The number of benzene rings is 4. The Hall–Kier alpha value is -4.82. The molecule has 5 aromatic rings. The normalized spacial score (nSPS) is 10.9. The van der Waals surface area contributed by atoms with Gasteiger partial charge in [0.05, 0.1) is 11.9 Å². The average molecular weight is 523 g/mol. The summed E-state index contributed by atoms with van der Waals surface area (Å²) in [6.07, 6.45) is 1.56. The molecule has 1 heterocycles. The maximum absolute atomic E-state index is 13.0. The van der Waals surface area contributed by atoms with Crippen LogP contribution in [0.1, 0.15) is 21.5 Å². The number of rotatable bonds is 9. The summed E-state index contributed by atoms with van der Waals surface area (Å²) < 4.78 is 18.7. The number of thiazole rings is 1. The van der Waals surface area contributed by atoms with Crippen molar-refractivity contribution >= 4 is 34.3 Å². The third-order valence-electron chi connectivity index (χ3n) is 5.55. The van der Waals surface area contributed by atoms with Crippen molar-refractivity contribution in [1.82, 2.24) is 10.4 Å². The lowest BCUT2D eigenvalue weighted by atomic mass is 10.1. The van der Waals surface area contributed by atoms with Gasteiger partial charge in [0, 0.05) is 22.2 Å².